The average Bonchev–Trinajstić information content (AvgIpc) is 3.19. The van der Waals surface area contributed by atoms with Crippen LogP contribution >= 0.6 is 0 Å². The summed E-state index contributed by atoms with van der Waals surface area (Å²) < 4.78 is 0. The number of allylic oxidation sites excluding steroid dienone is 3. The van der Waals surface area contributed by atoms with Crippen LogP contribution in [0.15, 0.2) is 23.9 Å². The van der Waals surface area contributed by atoms with Gasteiger partial charge in [0.25, 0.3) is 0 Å². The van der Waals surface area contributed by atoms with E-state index < -0.39 is 0 Å². The molecule has 1 unspecified atom stereocenters. The third kappa shape index (κ3) is 6.58. The summed E-state index contributed by atoms with van der Waals surface area (Å²) in [5.74, 6) is 2.17. The van der Waals surface area contributed by atoms with Crippen LogP contribution < -0.4 is 0 Å². The van der Waals surface area contributed by atoms with E-state index in [0.29, 0.717) is 17.3 Å². The van der Waals surface area contributed by atoms with E-state index in [2.05, 4.69) is 66.0 Å². The number of hydrogen-bond acceptors (Lipinski definition) is 1. The minimum absolute atomic E-state index is 0.380. The van der Waals surface area contributed by atoms with E-state index in [9.17, 15) is 0 Å². The van der Waals surface area contributed by atoms with Crippen molar-refractivity contribution in [2.75, 3.05) is 13.1 Å². The molecule has 0 spiro atoms. The van der Waals surface area contributed by atoms with Gasteiger partial charge in [-0.1, -0.05) is 52.8 Å². The molecule has 0 aromatic carbocycles. The second-order valence-corrected chi connectivity index (χ2v) is 8.77. The SMILES string of the molecule is C=C(C1CC1)N(CC(C)C)CC(C)C(C)(C)CCC=C(C)C. The summed E-state index contributed by atoms with van der Waals surface area (Å²) in [5, 5.41) is 0. The second kappa shape index (κ2) is 8.22. The van der Waals surface area contributed by atoms with Crippen LogP contribution in [0.2, 0.25) is 0 Å². The van der Waals surface area contributed by atoms with Gasteiger partial charge in [0, 0.05) is 18.8 Å². The van der Waals surface area contributed by atoms with Gasteiger partial charge in [-0.3, -0.25) is 0 Å². The molecule has 1 aliphatic rings. The van der Waals surface area contributed by atoms with Crippen LogP contribution in [0.5, 0.6) is 0 Å². The molecule has 1 aliphatic carbocycles. The van der Waals surface area contributed by atoms with Crippen molar-refractivity contribution >= 4 is 0 Å². The molecule has 0 heterocycles. The quantitative estimate of drug-likeness (QED) is 0.429. The van der Waals surface area contributed by atoms with Crippen LogP contribution in [0.25, 0.3) is 0 Å². The molecule has 128 valence electrons. The molecule has 0 aromatic rings. The Kier molecular flexibility index (Phi) is 7.22. The molecule has 1 fully saturated rings. The van der Waals surface area contributed by atoms with E-state index in [1.165, 1.54) is 37.0 Å². The fraction of sp³-hybridized carbons (Fsp3) is 0.810. The number of hydrogen-bond donors (Lipinski definition) is 0. The molecular weight excluding hydrogens is 266 g/mol. The molecule has 1 nitrogen and oxygen atoms in total. The average molecular weight is 306 g/mol. The molecule has 0 aliphatic heterocycles. The Morgan fingerprint density at radius 3 is 2.23 bits per heavy atom. The zero-order valence-corrected chi connectivity index (χ0v) is 16.2. The maximum absolute atomic E-state index is 4.41. The van der Waals surface area contributed by atoms with Gasteiger partial charge in [0.2, 0.25) is 0 Å². The standard InChI is InChI=1S/C21H39N/c1-16(2)10-9-13-21(7,8)18(5)15-22(14-17(3)4)19(6)20-11-12-20/h10,17-18,20H,6,9,11-15H2,1-5,7-8H3. The third-order valence-corrected chi connectivity index (χ3v) is 5.21. The van der Waals surface area contributed by atoms with Crippen molar-refractivity contribution in [3.05, 3.63) is 23.9 Å². The zero-order chi connectivity index (χ0) is 16.9. The molecule has 1 atom stereocenters. The Morgan fingerprint density at radius 1 is 1.18 bits per heavy atom. The zero-order valence-electron chi connectivity index (χ0n) is 16.2. The van der Waals surface area contributed by atoms with Crippen molar-refractivity contribution < 1.29 is 0 Å². The second-order valence-electron chi connectivity index (χ2n) is 8.77. The van der Waals surface area contributed by atoms with E-state index in [0.717, 1.165) is 19.0 Å². The summed E-state index contributed by atoms with van der Waals surface area (Å²) in [7, 11) is 0. The van der Waals surface area contributed by atoms with Crippen LogP contribution in [0.4, 0.5) is 0 Å². The first kappa shape index (κ1) is 19.3. The highest BCUT2D eigenvalue weighted by molar-refractivity contribution is 5.07. The molecule has 0 amide bonds. The Bertz CT molecular complexity index is 381. The van der Waals surface area contributed by atoms with E-state index >= 15 is 0 Å². The Morgan fingerprint density at radius 2 is 1.77 bits per heavy atom. The lowest BCUT2D eigenvalue weighted by atomic mass is 9.76. The predicted molar refractivity (Wildman–Crippen MR) is 99.9 cm³/mol. The van der Waals surface area contributed by atoms with E-state index in [1.54, 1.807) is 0 Å². The fourth-order valence-electron chi connectivity index (χ4n) is 2.98. The molecule has 1 rings (SSSR count). The van der Waals surface area contributed by atoms with Crippen molar-refractivity contribution in [3.8, 4) is 0 Å². The first-order valence-corrected chi connectivity index (χ1v) is 9.20. The number of nitrogens with zero attached hydrogens (tertiary/aromatic N) is 1. The van der Waals surface area contributed by atoms with E-state index in [1.807, 2.05) is 0 Å². The van der Waals surface area contributed by atoms with Crippen molar-refractivity contribution in [2.45, 2.75) is 74.1 Å². The van der Waals surface area contributed by atoms with Gasteiger partial charge in [0.1, 0.15) is 0 Å². The first-order valence-electron chi connectivity index (χ1n) is 9.20. The van der Waals surface area contributed by atoms with Crippen LogP contribution in [-0.4, -0.2) is 18.0 Å². The smallest absolute Gasteiger partial charge is 0.0205 e. The Balaban J connectivity index is 2.61. The van der Waals surface area contributed by atoms with Crippen LogP contribution in [0, 0.1) is 23.2 Å². The van der Waals surface area contributed by atoms with Gasteiger partial charge < -0.3 is 4.90 Å². The monoisotopic (exact) mass is 305 g/mol. The van der Waals surface area contributed by atoms with Crippen LogP contribution in [0.1, 0.15) is 74.1 Å². The van der Waals surface area contributed by atoms with Crippen molar-refractivity contribution in [1.82, 2.24) is 4.90 Å². The topological polar surface area (TPSA) is 3.24 Å². The van der Waals surface area contributed by atoms with Gasteiger partial charge in [0.15, 0.2) is 0 Å². The van der Waals surface area contributed by atoms with Crippen LogP contribution in [-0.2, 0) is 0 Å². The molecule has 0 bridgehead atoms. The van der Waals surface area contributed by atoms with Gasteiger partial charge in [-0.2, -0.15) is 0 Å². The van der Waals surface area contributed by atoms with E-state index in [4.69, 9.17) is 0 Å². The normalized spacial score (nSPS) is 16.5. The van der Waals surface area contributed by atoms with Crippen molar-refractivity contribution in [1.29, 1.82) is 0 Å². The number of rotatable bonds is 10. The first-order chi connectivity index (χ1) is 10.1. The molecule has 0 saturated heterocycles. The summed E-state index contributed by atoms with van der Waals surface area (Å²) in [5.41, 5.74) is 3.22. The summed E-state index contributed by atoms with van der Waals surface area (Å²) in [6, 6.07) is 0. The molecule has 0 N–H and O–H groups in total. The van der Waals surface area contributed by atoms with E-state index in [-0.39, 0.29) is 0 Å². The maximum atomic E-state index is 4.41. The molecular formula is C21H39N. The molecule has 0 aromatic heterocycles. The minimum Gasteiger partial charge on any atom is -0.375 e. The summed E-state index contributed by atoms with van der Waals surface area (Å²) in [6.45, 7) is 23.0. The van der Waals surface area contributed by atoms with Crippen molar-refractivity contribution in [3.63, 3.8) is 0 Å². The van der Waals surface area contributed by atoms with Gasteiger partial charge in [0.05, 0.1) is 0 Å². The highest BCUT2D eigenvalue weighted by atomic mass is 15.1. The largest absolute Gasteiger partial charge is 0.375 e. The molecule has 22 heavy (non-hydrogen) atoms. The van der Waals surface area contributed by atoms with Gasteiger partial charge in [-0.25, -0.2) is 0 Å². The fourth-order valence-corrected chi connectivity index (χ4v) is 2.98. The summed E-state index contributed by atoms with van der Waals surface area (Å²) >= 11 is 0. The molecule has 0 radical (unpaired) electrons. The summed E-state index contributed by atoms with van der Waals surface area (Å²) in [4.78, 5) is 2.59. The highest BCUT2D eigenvalue weighted by Gasteiger charge is 2.32. The third-order valence-electron chi connectivity index (χ3n) is 5.21. The Hall–Kier alpha value is -0.720. The Labute approximate surface area is 139 Å². The van der Waals surface area contributed by atoms with Crippen LogP contribution in [0.3, 0.4) is 0 Å². The molecule has 1 heteroatoms. The maximum Gasteiger partial charge on any atom is 0.0205 e. The lowest BCUT2D eigenvalue weighted by Gasteiger charge is -2.38. The predicted octanol–water partition coefficient (Wildman–Crippen LogP) is 6.28. The van der Waals surface area contributed by atoms with Gasteiger partial charge in [-0.05, 0) is 62.7 Å². The molecule has 1 saturated carbocycles. The minimum atomic E-state index is 0.380. The highest BCUT2D eigenvalue weighted by Crippen LogP contribution is 2.39. The van der Waals surface area contributed by atoms with Gasteiger partial charge in [-0.15, -0.1) is 0 Å². The van der Waals surface area contributed by atoms with Gasteiger partial charge >= 0.3 is 0 Å². The lowest BCUT2D eigenvalue weighted by Crippen LogP contribution is -2.37. The lowest BCUT2D eigenvalue weighted by molar-refractivity contribution is 0.149. The van der Waals surface area contributed by atoms with Crippen molar-refractivity contribution in [2.24, 2.45) is 23.2 Å². The summed E-state index contributed by atoms with van der Waals surface area (Å²) in [6.07, 6.45) is 7.55.